The highest BCUT2D eigenvalue weighted by Gasteiger charge is 2.27. The molecular weight excluding hydrogens is 320 g/mol. The van der Waals surface area contributed by atoms with Crippen LogP contribution in [-0.4, -0.2) is 42.0 Å². The average Bonchev–Trinajstić information content (AvgIpc) is 3.10. The second-order valence-corrected chi connectivity index (χ2v) is 7.26. The lowest BCUT2D eigenvalue weighted by atomic mass is 10.0. The van der Waals surface area contributed by atoms with E-state index in [-0.39, 0.29) is 5.91 Å². The van der Waals surface area contributed by atoms with Gasteiger partial charge in [-0.05, 0) is 18.9 Å². The predicted octanol–water partition coefficient (Wildman–Crippen LogP) is 2.36. The van der Waals surface area contributed by atoms with E-state index >= 15 is 0 Å². The normalized spacial score (nSPS) is 16.3. The highest BCUT2D eigenvalue weighted by atomic mass is 32.1. The van der Waals surface area contributed by atoms with Crippen LogP contribution in [0.15, 0.2) is 30.5 Å². The van der Waals surface area contributed by atoms with Crippen molar-refractivity contribution in [3.05, 3.63) is 46.5 Å². The zero-order chi connectivity index (χ0) is 17.1. The Kier molecular flexibility index (Phi) is 5.16. The van der Waals surface area contributed by atoms with E-state index in [0.29, 0.717) is 13.1 Å². The van der Waals surface area contributed by atoms with Crippen LogP contribution in [0.3, 0.4) is 0 Å². The largest absolute Gasteiger partial charge is 0.345 e. The Morgan fingerprint density at radius 1 is 1.25 bits per heavy atom. The molecule has 0 spiro atoms. The lowest BCUT2D eigenvalue weighted by Gasteiger charge is -2.35. The summed E-state index contributed by atoms with van der Waals surface area (Å²) in [6.45, 7) is 7.17. The Morgan fingerprint density at radius 2 is 1.92 bits per heavy atom. The first-order valence-corrected chi connectivity index (χ1v) is 9.20. The van der Waals surface area contributed by atoms with Gasteiger partial charge in [0.05, 0.1) is 0 Å². The van der Waals surface area contributed by atoms with Crippen LogP contribution in [0.1, 0.15) is 29.0 Å². The van der Waals surface area contributed by atoms with E-state index in [0.717, 1.165) is 30.2 Å². The highest BCUT2D eigenvalue weighted by Crippen LogP contribution is 2.24. The second-order valence-electron chi connectivity index (χ2n) is 6.16. The summed E-state index contributed by atoms with van der Waals surface area (Å²) in [7, 11) is 0. The number of carbonyl (C=O) groups is 1. The standard InChI is InChI=1S/C18H24N4OS/c1-3-15-12-20-18(24-15)22-10-8-21(9-11-22)17(23)16(19)14-6-4-13(2)5-7-14/h4-7,12,16H,3,8-11,19H2,1-2H3. The SMILES string of the molecule is CCc1cnc(N2CCN(C(=O)C(N)c3ccc(C)cc3)CC2)s1. The number of rotatable bonds is 4. The molecule has 0 saturated carbocycles. The van der Waals surface area contributed by atoms with Crippen LogP contribution in [0.4, 0.5) is 5.13 Å². The molecule has 0 radical (unpaired) electrons. The van der Waals surface area contributed by atoms with Crippen molar-refractivity contribution in [2.45, 2.75) is 26.3 Å². The van der Waals surface area contributed by atoms with Gasteiger partial charge in [0.15, 0.2) is 5.13 Å². The molecule has 2 N–H and O–H groups in total. The molecule has 0 bridgehead atoms. The Morgan fingerprint density at radius 3 is 2.50 bits per heavy atom. The summed E-state index contributed by atoms with van der Waals surface area (Å²) in [4.78, 5) is 22.6. The molecule has 3 rings (SSSR count). The van der Waals surface area contributed by atoms with Crippen LogP contribution in [0, 0.1) is 6.92 Å². The molecule has 1 atom stereocenters. The smallest absolute Gasteiger partial charge is 0.244 e. The maximum Gasteiger partial charge on any atom is 0.244 e. The molecule has 1 aliphatic rings. The molecule has 128 valence electrons. The van der Waals surface area contributed by atoms with Crippen LogP contribution >= 0.6 is 11.3 Å². The van der Waals surface area contributed by atoms with Gasteiger partial charge < -0.3 is 15.5 Å². The van der Waals surface area contributed by atoms with Crippen molar-refractivity contribution in [3.8, 4) is 0 Å². The molecule has 5 nitrogen and oxygen atoms in total. The number of carbonyl (C=O) groups excluding carboxylic acids is 1. The van der Waals surface area contributed by atoms with Gasteiger partial charge in [-0.3, -0.25) is 4.79 Å². The van der Waals surface area contributed by atoms with Gasteiger partial charge >= 0.3 is 0 Å². The number of hydrogen-bond donors (Lipinski definition) is 1. The molecule has 1 unspecified atom stereocenters. The van der Waals surface area contributed by atoms with E-state index in [9.17, 15) is 4.79 Å². The van der Waals surface area contributed by atoms with Crippen molar-refractivity contribution in [2.75, 3.05) is 31.1 Å². The summed E-state index contributed by atoms with van der Waals surface area (Å²) in [5.74, 6) is 0.00638. The van der Waals surface area contributed by atoms with E-state index in [1.54, 1.807) is 11.3 Å². The van der Waals surface area contributed by atoms with Crippen molar-refractivity contribution in [1.82, 2.24) is 9.88 Å². The van der Waals surface area contributed by atoms with E-state index < -0.39 is 6.04 Å². The molecule has 1 aromatic heterocycles. The van der Waals surface area contributed by atoms with Gasteiger partial charge in [-0.15, -0.1) is 11.3 Å². The molecular formula is C18H24N4OS. The number of amides is 1. The van der Waals surface area contributed by atoms with Crippen LogP contribution in [0.25, 0.3) is 0 Å². The molecule has 1 saturated heterocycles. The van der Waals surface area contributed by atoms with Crippen molar-refractivity contribution in [1.29, 1.82) is 0 Å². The zero-order valence-electron chi connectivity index (χ0n) is 14.2. The number of piperazine rings is 1. The first kappa shape index (κ1) is 16.9. The molecule has 1 aliphatic heterocycles. The number of anilines is 1. The lowest BCUT2D eigenvalue weighted by molar-refractivity contribution is -0.133. The maximum absolute atomic E-state index is 12.6. The third-order valence-corrected chi connectivity index (χ3v) is 5.66. The Labute approximate surface area is 147 Å². The molecule has 2 heterocycles. The number of benzene rings is 1. The Bertz CT molecular complexity index is 689. The minimum absolute atomic E-state index is 0.00638. The van der Waals surface area contributed by atoms with E-state index in [2.05, 4.69) is 16.8 Å². The number of aromatic nitrogens is 1. The lowest BCUT2D eigenvalue weighted by Crippen LogP contribution is -2.51. The first-order chi connectivity index (χ1) is 11.6. The van der Waals surface area contributed by atoms with Crippen LogP contribution in [-0.2, 0) is 11.2 Å². The third-order valence-electron chi connectivity index (χ3n) is 4.45. The maximum atomic E-state index is 12.6. The average molecular weight is 344 g/mol. The summed E-state index contributed by atoms with van der Waals surface area (Å²) >= 11 is 1.74. The predicted molar refractivity (Wildman–Crippen MR) is 98.4 cm³/mol. The molecule has 6 heteroatoms. The molecule has 24 heavy (non-hydrogen) atoms. The van der Waals surface area contributed by atoms with Gasteiger partial charge in [0.25, 0.3) is 0 Å². The fraction of sp³-hybridized carbons (Fsp3) is 0.444. The first-order valence-electron chi connectivity index (χ1n) is 8.39. The Balaban J connectivity index is 1.59. The fourth-order valence-electron chi connectivity index (χ4n) is 2.84. The topological polar surface area (TPSA) is 62.5 Å². The second kappa shape index (κ2) is 7.32. The quantitative estimate of drug-likeness (QED) is 0.925. The van der Waals surface area contributed by atoms with Gasteiger partial charge in [0.2, 0.25) is 5.91 Å². The molecule has 0 aliphatic carbocycles. The van der Waals surface area contributed by atoms with Gasteiger partial charge in [0.1, 0.15) is 6.04 Å². The number of nitrogens with two attached hydrogens (primary N) is 1. The number of hydrogen-bond acceptors (Lipinski definition) is 5. The minimum Gasteiger partial charge on any atom is -0.345 e. The summed E-state index contributed by atoms with van der Waals surface area (Å²) in [5.41, 5.74) is 8.22. The zero-order valence-corrected chi connectivity index (χ0v) is 15.1. The fourth-order valence-corrected chi connectivity index (χ4v) is 3.74. The molecule has 1 fully saturated rings. The van der Waals surface area contributed by atoms with Gasteiger partial charge in [-0.2, -0.15) is 0 Å². The van der Waals surface area contributed by atoms with E-state index in [1.807, 2.05) is 42.3 Å². The van der Waals surface area contributed by atoms with Crippen LogP contribution < -0.4 is 10.6 Å². The summed E-state index contributed by atoms with van der Waals surface area (Å²) in [6.07, 6.45) is 2.96. The molecule has 1 aromatic carbocycles. The van der Waals surface area contributed by atoms with Gasteiger partial charge in [-0.25, -0.2) is 4.98 Å². The van der Waals surface area contributed by atoms with E-state index in [1.165, 1.54) is 10.4 Å². The van der Waals surface area contributed by atoms with Crippen LogP contribution in [0.2, 0.25) is 0 Å². The Hall–Kier alpha value is -1.92. The third kappa shape index (κ3) is 3.60. The van der Waals surface area contributed by atoms with Gasteiger partial charge in [-0.1, -0.05) is 36.8 Å². The monoisotopic (exact) mass is 344 g/mol. The van der Waals surface area contributed by atoms with Crippen molar-refractivity contribution < 1.29 is 4.79 Å². The highest BCUT2D eigenvalue weighted by molar-refractivity contribution is 7.15. The summed E-state index contributed by atoms with van der Waals surface area (Å²) in [6, 6.07) is 7.29. The van der Waals surface area contributed by atoms with E-state index in [4.69, 9.17) is 5.73 Å². The number of thiazole rings is 1. The summed E-state index contributed by atoms with van der Waals surface area (Å²) in [5, 5.41) is 1.06. The van der Waals surface area contributed by atoms with Crippen LogP contribution in [0.5, 0.6) is 0 Å². The summed E-state index contributed by atoms with van der Waals surface area (Å²) < 4.78 is 0. The number of nitrogens with zero attached hydrogens (tertiary/aromatic N) is 3. The molecule has 2 aromatic rings. The van der Waals surface area contributed by atoms with Gasteiger partial charge in [0, 0.05) is 37.3 Å². The molecule has 1 amide bonds. The number of aryl methyl sites for hydroxylation is 2. The van der Waals surface area contributed by atoms with Crippen molar-refractivity contribution in [3.63, 3.8) is 0 Å². The van der Waals surface area contributed by atoms with Crippen molar-refractivity contribution in [2.24, 2.45) is 5.73 Å². The van der Waals surface area contributed by atoms with Crippen molar-refractivity contribution >= 4 is 22.4 Å². The minimum atomic E-state index is -0.580.